The molecule has 35 heavy (non-hydrogen) atoms. The molecule has 2 aliphatic heterocycles. The molecule has 0 fully saturated rings. The Hall–Kier alpha value is -2.70. The SMILES string of the molecule is Cc1cc(CSc2ccc(C3=NCCN3)cc2C)cc(CSc2ccc(C3=NCCN3)cc2C)c1. The molecule has 0 unspecified atom stereocenters. The standard InChI is InChI=1S/C29H32N4S2/c1-19-12-22(17-34-26-6-4-24(14-20(26)2)28-30-8-9-31-28)16-23(13-19)18-35-27-7-5-25(15-21(27)3)29-32-10-11-33-29/h4-7,12-16H,8-11,17-18H2,1-3H3,(H,30,31)(H,32,33). The van der Waals surface area contributed by atoms with Crippen LogP contribution in [-0.2, 0) is 11.5 Å². The number of aliphatic imine (C=N–C) groups is 2. The monoisotopic (exact) mass is 500 g/mol. The number of aryl methyl sites for hydroxylation is 3. The Kier molecular flexibility index (Phi) is 7.49. The smallest absolute Gasteiger partial charge is 0.128 e. The molecule has 2 aliphatic rings. The van der Waals surface area contributed by atoms with Crippen molar-refractivity contribution >= 4 is 35.2 Å². The first kappa shape index (κ1) is 24.0. The van der Waals surface area contributed by atoms with Gasteiger partial charge in [-0.1, -0.05) is 35.9 Å². The summed E-state index contributed by atoms with van der Waals surface area (Å²) in [5, 5.41) is 6.73. The third-order valence-electron chi connectivity index (χ3n) is 6.23. The highest BCUT2D eigenvalue weighted by atomic mass is 32.2. The molecule has 0 atom stereocenters. The average molecular weight is 501 g/mol. The van der Waals surface area contributed by atoms with Gasteiger partial charge in [0.05, 0.1) is 13.1 Å². The van der Waals surface area contributed by atoms with Crippen LogP contribution in [0.2, 0.25) is 0 Å². The molecule has 0 spiro atoms. The van der Waals surface area contributed by atoms with Crippen molar-refractivity contribution in [2.24, 2.45) is 9.98 Å². The summed E-state index contributed by atoms with van der Waals surface area (Å²) in [7, 11) is 0. The van der Waals surface area contributed by atoms with Crippen molar-refractivity contribution in [2.45, 2.75) is 42.1 Å². The fourth-order valence-electron chi connectivity index (χ4n) is 4.54. The summed E-state index contributed by atoms with van der Waals surface area (Å²) in [4.78, 5) is 11.8. The van der Waals surface area contributed by atoms with Crippen LogP contribution in [-0.4, -0.2) is 37.9 Å². The normalized spacial score (nSPS) is 14.9. The van der Waals surface area contributed by atoms with E-state index in [-0.39, 0.29) is 0 Å². The molecule has 3 aromatic rings. The second-order valence-corrected chi connectivity index (χ2v) is 11.2. The maximum absolute atomic E-state index is 4.55. The first-order valence-electron chi connectivity index (χ1n) is 12.2. The van der Waals surface area contributed by atoms with Gasteiger partial charge in [-0.05, 0) is 67.3 Å². The van der Waals surface area contributed by atoms with Crippen LogP contribution in [0.25, 0.3) is 0 Å². The Morgan fingerprint density at radius 1 is 0.657 bits per heavy atom. The number of hydrogen-bond donors (Lipinski definition) is 2. The van der Waals surface area contributed by atoms with Crippen LogP contribution in [0.3, 0.4) is 0 Å². The maximum Gasteiger partial charge on any atom is 0.128 e. The number of amidine groups is 2. The van der Waals surface area contributed by atoms with Crippen molar-refractivity contribution in [2.75, 3.05) is 26.2 Å². The summed E-state index contributed by atoms with van der Waals surface area (Å²) >= 11 is 3.83. The van der Waals surface area contributed by atoms with E-state index in [0.717, 1.165) is 49.4 Å². The highest BCUT2D eigenvalue weighted by Crippen LogP contribution is 2.30. The number of nitrogens with one attached hydrogen (secondary N) is 2. The molecule has 2 heterocycles. The van der Waals surface area contributed by atoms with Gasteiger partial charge in [-0.2, -0.15) is 0 Å². The first-order valence-corrected chi connectivity index (χ1v) is 14.2. The highest BCUT2D eigenvalue weighted by Gasteiger charge is 2.12. The van der Waals surface area contributed by atoms with Crippen LogP contribution >= 0.6 is 23.5 Å². The molecular formula is C29H32N4S2. The predicted octanol–water partition coefficient (Wildman–Crippen LogP) is 5.90. The Balaban J connectivity index is 1.22. The zero-order chi connectivity index (χ0) is 24.2. The largest absolute Gasteiger partial charge is 0.368 e. The predicted molar refractivity (Wildman–Crippen MR) is 151 cm³/mol. The van der Waals surface area contributed by atoms with Gasteiger partial charge in [0.15, 0.2) is 0 Å². The molecular weight excluding hydrogens is 468 g/mol. The fourth-order valence-corrected chi connectivity index (χ4v) is 6.42. The van der Waals surface area contributed by atoms with Crippen LogP contribution in [0.1, 0.15) is 38.9 Å². The van der Waals surface area contributed by atoms with Gasteiger partial charge < -0.3 is 10.6 Å². The highest BCUT2D eigenvalue weighted by molar-refractivity contribution is 7.98. The van der Waals surface area contributed by atoms with Crippen molar-refractivity contribution < 1.29 is 0 Å². The number of hydrogen-bond acceptors (Lipinski definition) is 6. The van der Waals surface area contributed by atoms with Crippen LogP contribution in [0, 0.1) is 20.8 Å². The molecule has 4 nitrogen and oxygen atoms in total. The van der Waals surface area contributed by atoms with Gasteiger partial charge in [0, 0.05) is 45.5 Å². The van der Waals surface area contributed by atoms with Crippen LogP contribution < -0.4 is 10.6 Å². The van der Waals surface area contributed by atoms with E-state index in [1.54, 1.807) is 0 Å². The molecule has 3 aromatic carbocycles. The lowest BCUT2D eigenvalue weighted by molar-refractivity contribution is 0.960. The number of nitrogens with zero attached hydrogens (tertiary/aromatic N) is 2. The molecule has 0 radical (unpaired) electrons. The lowest BCUT2D eigenvalue weighted by Gasteiger charge is -2.12. The lowest BCUT2D eigenvalue weighted by atomic mass is 10.1. The van der Waals surface area contributed by atoms with Gasteiger partial charge in [-0.25, -0.2) is 0 Å². The number of benzene rings is 3. The zero-order valence-electron chi connectivity index (χ0n) is 20.6. The molecule has 5 rings (SSSR count). The number of thioether (sulfide) groups is 2. The Bertz CT molecular complexity index is 1200. The van der Waals surface area contributed by atoms with E-state index < -0.39 is 0 Å². The summed E-state index contributed by atoms with van der Waals surface area (Å²) in [5.41, 5.74) is 9.09. The van der Waals surface area contributed by atoms with E-state index in [2.05, 4.69) is 96.0 Å². The fraction of sp³-hybridized carbons (Fsp3) is 0.310. The van der Waals surface area contributed by atoms with Crippen molar-refractivity contribution in [1.82, 2.24) is 10.6 Å². The summed E-state index contributed by atoms with van der Waals surface area (Å²) in [5.74, 6) is 4.00. The van der Waals surface area contributed by atoms with E-state index in [1.165, 1.54) is 48.7 Å². The summed E-state index contributed by atoms with van der Waals surface area (Å²) in [6.45, 7) is 10.2. The van der Waals surface area contributed by atoms with Gasteiger partial charge in [0.1, 0.15) is 11.7 Å². The maximum atomic E-state index is 4.55. The minimum absolute atomic E-state index is 0.872. The Morgan fingerprint density at radius 3 is 1.54 bits per heavy atom. The molecule has 0 saturated heterocycles. The summed E-state index contributed by atoms with van der Waals surface area (Å²) in [6, 6.07) is 20.4. The van der Waals surface area contributed by atoms with E-state index in [4.69, 9.17) is 0 Å². The van der Waals surface area contributed by atoms with E-state index in [1.807, 2.05) is 23.5 Å². The Morgan fingerprint density at radius 2 is 1.14 bits per heavy atom. The molecule has 0 aliphatic carbocycles. The molecule has 180 valence electrons. The van der Waals surface area contributed by atoms with Gasteiger partial charge in [0.2, 0.25) is 0 Å². The van der Waals surface area contributed by atoms with Gasteiger partial charge in [0.25, 0.3) is 0 Å². The van der Waals surface area contributed by atoms with Gasteiger partial charge in [-0.3, -0.25) is 9.98 Å². The molecule has 0 saturated carbocycles. The molecule has 6 heteroatoms. The minimum atomic E-state index is 0.872. The van der Waals surface area contributed by atoms with Crippen molar-refractivity contribution in [1.29, 1.82) is 0 Å². The summed E-state index contributed by atoms with van der Waals surface area (Å²) in [6.07, 6.45) is 0. The van der Waals surface area contributed by atoms with Crippen LogP contribution in [0.15, 0.2) is 74.4 Å². The first-order chi connectivity index (χ1) is 17.0. The second-order valence-electron chi connectivity index (χ2n) is 9.18. The lowest BCUT2D eigenvalue weighted by Crippen LogP contribution is -2.19. The Labute approximate surface area is 217 Å². The molecule has 0 bridgehead atoms. The van der Waals surface area contributed by atoms with Crippen molar-refractivity contribution in [3.8, 4) is 0 Å². The summed E-state index contributed by atoms with van der Waals surface area (Å²) < 4.78 is 0. The average Bonchev–Trinajstić information content (AvgIpc) is 3.57. The van der Waals surface area contributed by atoms with Gasteiger partial charge >= 0.3 is 0 Å². The van der Waals surface area contributed by atoms with Gasteiger partial charge in [-0.15, -0.1) is 23.5 Å². The van der Waals surface area contributed by atoms with E-state index in [9.17, 15) is 0 Å². The van der Waals surface area contributed by atoms with Crippen LogP contribution in [0.5, 0.6) is 0 Å². The number of rotatable bonds is 8. The third-order valence-corrected chi connectivity index (χ3v) is 8.72. The topological polar surface area (TPSA) is 48.8 Å². The molecule has 0 aromatic heterocycles. The zero-order valence-corrected chi connectivity index (χ0v) is 22.3. The van der Waals surface area contributed by atoms with E-state index >= 15 is 0 Å². The van der Waals surface area contributed by atoms with Crippen molar-refractivity contribution in [3.63, 3.8) is 0 Å². The molecule has 0 amide bonds. The molecule has 2 N–H and O–H groups in total. The third kappa shape index (κ3) is 5.93. The van der Waals surface area contributed by atoms with Crippen LogP contribution in [0.4, 0.5) is 0 Å². The van der Waals surface area contributed by atoms with Crippen molar-refractivity contribution in [3.05, 3.63) is 93.5 Å². The minimum Gasteiger partial charge on any atom is -0.368 e. The second kappa shape index (κ2) is 10.9. The quantitative estimate of drug-likeness (QED) is 0.378. The van der Waals surface area contributed by atoms with E-state index in [0.29, 0.717) is 0 Å².